The van der Waals surface area contributed by atoms with Crippen LogP contribution < -0.4 is 0 Å². The number of carbonyl (C=O) groups excluding carboxylic acids is 2. The maximum absolute atomic E-state index is 12.9. The number of carbonyl (C=O) groups is 2. The Morgan fingerprint density at radius 2 is 2.17 bits per heavy atom. The Hall–Kier alpha value is -1.43. The summed E-state index contributed by atoms with van der Waals surface area (Å²) >= 11 is 1.71. The van der Waals surface area contributed by atoms with Crippen LogP contribution in [-0.2, 0) is 9.59 Å². The first-order chi connectivity index (χ1) is 11.6. The molecule has 130 valence electrons. The fourth-order valence-electron chi connectivity index (χ4n) is 3.92. The summed E-state index contributed by atoms with van der Waals surface area (Å²) in [7, 11) is 0. The summed E-state index contributed by atoms with van der Waals surface area (Å²) in [6.45, 7) is 5.10. The Kier molecular flexibility index (Phi) is 4.33. The monoisotopic (exact) mass is 347 g/mol. The molecule has 0 aromatic carbocycles. The molecule has 1 aromatic heterocycles. The number of aryl methyl sites for hydroxylation is 1. The van der Waals surface area contributed by atoms with Crippen molar-refractivity contribution in [1.29, 1.82) is 0 Å². The second kappa shape index (κ2) is 6.47. The Bertz CT molecular complexity index is 640. The van der Waals surface area contributed by atoms with Gasteiger partial charge in [-0.2, -0.15) is 0 Å². The van der Waals surface area contributed by atoms with Crippen molar-refractivity contribution in [2.75, 3.05) is 26.2 Å². The normalized spacial score (nSPS) is 27.8. The highest BCUT2D eigenvalue weighted by atomic mass is 32.1. The average Bonchev–Trinajstić information content (AvgIpc) is 3.18. The van der Waals surface area contributed by atoms with Gasteiger partial charge in [-0.05, 0) is 38.5 Å². The molecule has 1 aromatic rings. The zero-order valence-electron chi connectivity index (χ0n) is 14.2. The first-order valence-electron chi connectivity index (χ1n) is 9.08. The molecule has 1 aliphatic carbocycles. The van der Waals surface area contributed by atoms with Crippen LogP contribution in [0.2, 0.25) is 0 Å². The van der Waals surface area contributed by atoms with Gasteiger partial charge in [0.25, 0.3) is 0 Å². The lowest BCUT2D eigenvalue weighted by atomic mass is 9.96. The van der Waals surface area contributed by atoms with Gasteiger partial charge in [0.15, 0.2) is 0 Å². The van der Waals surface area contributed by atoms with E-state index in [2.05, 4.69) is 10.4 Å². The lowest BCUT2D eigenvalue weighted by molar-refractivity contribution is -0.137. The first-order valence-corrected chi connectivity index (χ1v) is 9.96. The van der Waals surface area contributed by atoms with E-state index in [-0.39, 0.29) is 17.7 Å². The summed E-state index contributed by atoms with van der Waals surface area (Å²) in [6.07, 6.45) is 5.02. The van der Waals surface area contributed by atoms with Crippen molar-refractivity contribution in [2.45, 2.75) is 44.9 Å². The number of piperidine rings is 1. The molecule has 6 heteroatoms. The van der Waals surface area contributed by atoms with Crippen LogP contribution in [-0.4, -0.2) is 52.8 Å². The van der Waals surface area contributed by atoms with E-state index in [1.807, 2.05) is 16.7 Å². The fourth-order valence-corrected chi connectivity index (χ4v) is 4.85. The summed E-state index contributed by atoms with van der Waals surface area (Å²) < 4.78 is 0. The number of amides is 2. The van der Waals surface area contributed by atoms with E-state index in [1.54, 1.807) is 11.3 Å². The summed E-state index contributed by atoms with van der Waals surface area (Å²) in [5, 5.41) is 3.24. The van der Waals surface area contributed by atoms with E-state index in [0.717, 1.165) is 43.2 Å². The van der Waals surface area contributed by atoms with Crippen LogP contribution in [0.4, 0.5) is 0 Å². The number of likely N-dealkylation sites (tertiary alicyclic amines) is 2. The van der Waals surface area contributed by atoms with Crippen LogP contribution in [0.25, 0.3) is 0 Å². The summed E-state index contributed by atoms with van der Waals surface area (Å²) in [6, 6.07) is 0. The van der Waals surface area contributed by atoms with Crippen molar-refractivity contribution in [2.24, 2.45) is 11.8 Å². The number of rotatable bonds is 4. The van der Waals surface area contributed by atoms with Gasteiger partial charge in [0.1, 0.15) is 0 Å². The number of hydrogen-bond donors (Lipinski definition) is 0. The highest BCUT2D eigenvalue weighted by Gasteiger charge is 2.39. The highest BCUT2D eigenvalue weighted by molar-refractivity contribution is 7.09. The minimum Gasteiger partial charge on any atom is -0.342 e. The third kappa shape index (κ3) is 3.34. The van der Waals surface area contributed by atoms with Crippen molar-refractivity contribution in [3.05, 3.63) is 16.1 Å². The fraction of sp³-hybridized carbons (Fsp3) is 0.722. The van der Waals surface area contributed by atoms with Crippen LogP contribution in [0.5, 0.6) is 0 Å². The number of hydrogen-bond acceptors (Lipinski definition) is 4. The van der Waals surface area contributed by atoms with Gasteiger partial charge in [0.2, 0.25) is 11.8 Å². The van der Waals surface area contributed by atoms with Crippen molar-refractivity contribution in [3.8, 4) is 0 Å². The quantitative estimate of drug-likeness (QED) is 0.840. The molecule has 2 aliphatic heterocycles. The lowest BCUT2D eigenvalue weighted by Crippen LogP contribution is -2.43. The van der Waals surface area contributed by atoms with E-state index >= 15 is 0 Å². The molecule has 2 amide bonds. The van der Waals surface area contributed by atoms with E-state index < -0.39 is 0 Å². The summed E-state index contributed by atoms with van der Waals surface area (Å²) in [4.78, 5) is 33.6. The molecule has 24 heavy (non-hydrogen) atoms. The first kappa shape index (κ1) is 16.1. The van der Waals surface area contributed by atoms with Crippen LogP contribution in [0.1, 0.15) is 48.7 Å². The largest absolute Gasteiger partial charge is 0.342 e. The third-order valence-corrected chi connectivity index (χ3v) is 6.58. The molecule has 0 radical (unpaired) electrons. The number of thiazole rings is 1. The number of nitrogens with zero attached hydrogens (tertiary/aromatic N) is 3. The Labute approximate surface area is 147 Å². The Morgan fingerprint density at radius 1 is 1.33 bits per heavy atom. The molecule has 3 fully saturated rings. The summed E-state index contributed by atoms with van der Waals surface area (Å²) in [5.41, 5.74) is 1.07. The number of aromatic nitrogens is 1. The molecule has 3 heterocycles. The van der Waals surface area contributed by atoms with Gasteiger partial charge in [-0.25, -0.2) is 4.98 Å². The SMILES string of the molecule is Cc1csc([C@@H]2CCCN(C(=O)[C@H]3CC(=O)N(CC4CC4)C3)C2)n1. The van der Waals surface area contributed by atoms with Gasteiger partial charge in [-0.1, -0.05) is 0 Å². The third-order valence-electron chi connectivity index (χ3n) is 5.46. The molecule has 0 unspecified atom stereocenters. The van der Waals surface area contributed by atoms with Crippen molar-refractivity contribution in [3.63, 3.8) is 0 Å². The zero-order chi connectivity index (χ0) is 16.7. The molecule has 0 N–H and O–H groups in total. The van der Waals surface area contributed by atoms with Crippen LogP contribution in [0.3, 0.4) is 0 Å². The molecule has 3 aliphatic rings. The topological polar surface area (TPSA) is 53.5 Å². The Morgan fingerprint density at radius 3 is 2.88 bits per heavy atom. The highest BCUT2D eigenvalue weighted by Crippen LogP contribution is 2.33. The molecule has 4 rings (SSSR count). The van der Waals surface area contributed by atoms with E-state index in [4.69, 9.17) is 0 Å². The predicted molar refractivity (Wildman–Crippen MR) is 92.8 cm³/mol. The minimum absolute atomic E-state index is 0.131. The van der Waals surface area contributed by atoms with E-state index in [0.29, 0.717) is 24.8 Å². The summed E-state index contributed by atoms with van der Waals surface area (Å²) in [5.74, 6) is 1.27. The standard InChI is InChI=1S/C18H25N3O2S/c1-12-11-24-17(19-12)14-3-2-6-20(9-14)18(23)15-7-16(22)21(10-15)8-13-4-5-13/h11,13-15H,2-10H2,1H3/t14-,15+/m1/s1. The van der Waals surface area contributed by atoms with E-state index in [1.165, 1.54) is 12.8 Å². The van der Waals surface area contributed by atoms with E-state index in [9.17, 15) is 9.59 Å². The minimum atomic E-state index is -0.131. The van der Waals surface area contributed by atoms with Gasteiger partial charge >= 0.3 is 0 Å². The Balaban J connectivity index is 1.38. The molecule has 2 atom stereocenters. The molecule has 2 saturated heterocycles. The predicted octanol–water partition coefficient (Wildman–Crippen LogP) is 2.42. The van der Waals surface area contributed by atoms with Crippen molar-refractivity contribution >= 4 is 23.2 Å². The van der Waals surface area contributed by atoms with Crippen LogP contribution in [0.15, 0.2) is 5.38 Å². The molecule has 0 spiro atoms. The van der Waals surface area contributed by atoms with Gasteiger partial charge < -0.3 is 9.80 Å². The van der Waals surface area contributed by atoms with Gasteiger partial charge in [0, 0.05) is 49.6 Å². The van der Waals surface area contributed by atoms with Gasteiger partial charge in [-0.3, -0.25) is 9.59 Å². The molecule has 0 bridgehead atoms. The molecule has 5 nitrogen and oxygen atoms in total. The van der Waals surface area contributed by atoms with Gasteiger partial charge in [0.05, 0.1) is 10.9 Å². The smallest absolute Gasteiger partial charge is 0.228 e. The zero-order valence-corrected chi connectivity index (χ0v) is 15.1. The average molecular weight is 347 g/mol. The lowest BCUT2D eigenvalue weighted by Gasteiger charge is -2.33. The molecule has 1 saturated carbocycles. The van der Waals surface area contributed by atoms with Crippen molar-refractivity contribution < 1.29 is 9.59 Å². The van der Waals surface area contributed by atoms with Crippen LogP contribution in [0, 0.1) is 18.8 Å². The molecular weight excluding hydrogens is 322 g/mol. The molecular formula is C18H25N3O2S. The van der Waals surface area contributed by atoms with Crippen molar-refractivity contribution in [1.82, 2.24) is 14.8 Å². The van der Waals surface area contributed by atoms with Crippen LogP contribution >= 0.6 is 11.3 Å². The second-order valence-electron chi connectivity index (χ2n) is 7.59. The van der Waals surface area contributed by atoms with Gasteiger partial charge in [-0.15, -0.1) is 11.3 Å². The maximum atomic E-state index is 12.9. The maximum Gasteiger partial charge on any atom is 0.228 e. The second-order valence-corrected chi connectivity index (χ2v) is 8.48.